The molecule has 6 rings (SSSR count). The molecule has 1 fully saturated rings. The minimum atomic E-state index is -0.679. The smallest absolute Gasteiger partial charge is 0.330 e. The zero-order valence-corrected chi connectivity index (χ0v) is 28.1. The number of fused-ring (bicyclic) bond motifs is 1. The third-order valence-corrected chi connectivity index (χ3v) is 9.47. The number of nitrogens with zero attached hydrogens (tertiary/aromatic N) is 3. The van der Waals surface area contributed by atoms with Gasteiger partial charge in [-0.3, -0.25) is 19.0 Å². The van der Waals surface area contributed by atoms with Gasteiger partial charge in [0, 0.05) is 55.3 Å². The largest absolute Gasteiger partial charge is 0.481 e. The number of aromatic nitrogens is 3. The summed E-state index contributed by atoms with van der Waals surface area (Å²) < 4.78 is 13.3. The number of carbonyl (C=O) groups is 2. The summed E-state index contributed by atoms with van der Waals surface area (Å²) in [4.78, 5) is 54.6. The molecule has 2 aliphatic rings. The number of halogens is 1. The molecule has 3 heterocycles. The number of nitrogens with one attached hydrogen (secondary N) is 3. The predicted molar refractivity (Wildman–Crippen MR) is 183 cm³/mol. The summed E-state index contributed by atoms with van der Waals surface area (Å²) in [7, 11) is 4.42. The Balaban J connectivity index is 1.30. The molecular weight excluding hydrogens is 636 g/mol. The number of anilines is 1. The molecule has 3 atom stereocenters. The zero-order valence-electron chi connectivity index (χ0n) is 27.3. The van der Waals surface area contributed by atoms with Crippen molar-refractivity contribution in [1.29, 1.82) is 0 Å². The van der Waals surface area contributed by atoms with Crippen molar-refractivity contribution in [1.82, 2.24) is 24.8 Å². The topological polar surface area (TPSA) is 146 Å². The van der Waals surface area contributed by atoms with Gasteiger partial charge in [0.2, 0.25) is 11.8 Å². The number of pyridine rings is 1. The van der Waals surface area contributed by atoms with E-state index in [-0.39, 0.29) is 36.1 Å². The van der Waals surface area contributed by atoms with E-state index < -0.39 is 17.2 Å². The lowest BCUT2D eigenvalue weighted by Crippen LogP contribution is -2.51. The standard InChI is InChI=1S/C35H37ClN6O6/c1-18-12-20-13-27(40-33(47-5)29(20)31(18)37-14-21-16-48-17-28(43)38-21)24-10-6-9-23(30(24)36)22-8-7-11-26(19(22)2)39-32(44)25-15-41(3)35(46)42(4)34(25)45/h6-11,13,15,18,21,31,37H,12,14,16-17H2,1-5H3,(H,38,43)(H,39,44)/t18-,21+,31-/m0/s1. The van der Waals surface area contributed by atoms with Crippen molar-refractivity contribution in [2.75, 3.05) is 32.2 Å². The van der Waals surface area contributed by atoms with E-state index >= 15 is 0 Å². The summed E-state index contributed by atoms with van der Waals surface area (Å²) in [6, 6.07) is 13.1. The minimum absolute atomic E-state index is 0.0151. The van der Waals surface area contributed by atoms with E-state index in [1.165, 1.54) is 24.9 Å². The highest BCUT2D eigenvalue weighted by Gasteiger charge is 2.35. The zero-order chi connectivity index (χ0) is 34.3. The Hall–Kier alpha value is -4.78. The van der Waals surface area contributed by atoms with Gasteiger partial charge in [-0.1, -0.05) is 48.9 Å². The van der Waals surface area contributed by atoms with Gasteiger partial charge in [-0.2, -0.15) is 0 Å². The molecule has 3 N–H and O–H groups in total. The van der Waals surface area contributed by atoms with Crippen molar-refractivity contribution in [3.8, 4) is 28.3 Å². The van der Waals surface area contributed by atoms with Gasteiger partial charge < -0.3 is 30.0 Å². The van der Waals surface area contributed by atoms with Crippen molar-refractivity contribution >= 4 is 29.1 Å². The lowest BCUT2D eigenvalue weighted by atomic mass is 9.96. The molecule has 48 heavy (non-hydrogen) atoms. The van der Waals surface area contributed by atoms with Gasteiger partial charge in [0.25, 0.3) is 11.5 Å². The van der Waals surface area contributed by atoms with E-state index in [1.54, 1.807) is 19.2 Å². The maximum absolute atomic E-state index is 13.2. The summed E-state index contributed by atoms with van der Waals surface area (Å²) in [5, 5.41) is 9.87. The highest BCUT2D eigenvalue weighted by Crippen LogP contribution is 2.44. The van der Waals surface area contributed by atoms with Crippen LogP contribution in [0.1, 0.15) is 40.0 Å². The minimum Gasteiger partial charge on any atom is -0.481 e. The molecule has 1 saturated heterocycles. The molecule has 2 aromatic heterocycles. The van der Waals surface area contributed by atoms with Crippen LogP contribution in [-0.2, 0) is 30.0 Å². The van der Waals surface area contributed by atoms with Crippen LogP contribution in [0, 0.1) is 12.8 Å². The highest BCUT2D eigenvalue weighted by molar-refractivity contribution is 6.36. The molecule has 12 nitrogen and oxygen atoms in total. The Morgan fingerprint density at radius 1 is 1.12 bits per heavy atom. The third-order valence-electron chi connectivity index (χ3n) is 9.06. The molecule has 13 heteroatoms. The molecule has 2 amide bonds. The van der Waals surface area contributed by atoms with Crippen molar-refractivity contribution in [2.24, 2.45) is 20.0 Å². The second-order valence-electron chi connectivity index (χ2n) is 12.3. The van der Waals surface area contributed by atoms with Crippen molar-refractivity contribution in [2.45, 2.75) is 32.4 Å². The first kappa shape index (κ1) is 33.1. The normalized spacial score (nSPS) is 18.7. The van der Waals surface area contributed by atoms with Gasteiger partial charge in [0.05, 0.1) is 30.5 Å². The van der Waals surface area contributed by atoms with E-state index in [1.807, 2.05) is 31.2 Å². The number of carbonyl (C=O) groups excluding carboxylic acids is 2. The molecule has 0 saturated carbocycles. The second kappa shape index (κ2) is 13.4. The lowest BCUT2D eigenvalue weighted by Gasteiger charge is -2.27. The number of hydrogen-bond acceptors (Lipinski definition) is 8. The second-order valence-corrected chi connectivity index (χ2v) is 12.7. The van der Waals surface area contributed by atoms with Crippen LogP contribution in [-0.4, -0.2) is 58.8 Å². The Kier molecular flexibility index (Phi) is 9.24. The van der Waals surface area contributed by atoms with E-state index in [2.05, 4.69) is 28.9 Å². The number of aryl methyl sites for hydroxylation is 1. The molecule has 1 aliphatic carbocycles. The molecule has 2 aromatic carbocycles. The fraction of sp³-hybridized carbons (Fsp3) is 0.343. The highest BCUT2D eigenvalue weighted by atomic mass is 35.5. The van der Waals surface area contributed by atoms with E-state index in [4.69, 9.17) is 26.1 Å². The van der Waals surface area contributed by atoms with Crippen LogP contribution < -0.4 is 31.9 Å². The fourth-order valence-electron chi connectivity index (χ4n) is 6.57. The first-order valence-electron chi connectivity index (χ1n) is 15.6. The monoisotopic (exact) mass is 672 g/mol. The number of ether oxygens (including phenoxy) is 2. The van der Waals surface area contributed by atoms with E-state index in [9.17, 15) is 19.2 Å². The number of amides is 2. The Morgan fingerprint density at radius 3 is 2.60 bits per heavy atom. The molecule has 0 bridgehead atoms. The number of benzene rings is 2. The fourth-order valence-corrected chi connectivity index (χ4v) is 6.89. The lowest BCUT2D eigenvalue weighted by molar-refractivity contribution is -0.131. The Labute approximate surface area is 282 Å². The molecule has 4 aromatic rings. The van der Waals surface area contributed by atoms with Gasteiger partial charge in [0.1, 0.15) is 12.2 Å². The van der Waals surface area contributed by atoms with Gasteiger partial charge in [-0.05, 0) is 48.1 Å². The van der Waals surface area contributed by atoms with Crippen LogP contribution >= 0.6 is 11.6 Å². The SMILES string of the molecule is COc1nc(-c2cccc(-c3cccc(NC(=O)c4cn(C)c(=O)n(C)c4=O)c3C)c2Cl)cc2c1[C@@H](NC[C@@H]1COCC(=O)N1)[C@@H](C)C2. The van der Waals surface area contributed by atoms with Crippen LogP contribution in [0.2, 0.25) is 5.02 Å². The van der Waals surface area contributed by atoms with Crippen LogP contribution in [0.5, 0.6) is 5.88 Å². The molecule has 0 spiro atoms. The Morgan fingerprint density at radius 2 is 1.85 bits per heavy atom. The summed E-state index contributed by atoms with van der Waals surface area (Å²) >= 11 is 7.12. The van der Waals surface area contributed by atoms with Crippen molar-refractivity contribution in [3.05, 3.63) is 96.8 Å². The Bertz CT molecular complexity index is 2060. The average Bonchev–Trinajstić information content (AvgIpc) is 3.39. The van der Waals surface area contributed by atoms with Crippen LogP contribution in [0.3, 0.4) is 0 Å². The number of morpholine rings is 1. The van der Waals surface area contributed by atoms with Crippen molar-refractivity contribution < 1.29 is 19.1 Å². The summed E-state index contributed by atoms with van der Waals surface area (Å²) in [5.41, 5.74) is 4.93. The molecule has 250 valence electrons. The number of methoxy groups -OCH3 is 1. The number of rotatable bonds is 8. The van der Waals surface area contributed by atoms with E-state index in [0.717, 1.165) is 44.4 Å². The molecular formula is C35H37ClN6O6. The van der Waals surface area contributed by atoms with E-state index in [0.29, 0.717) is 35.4 Å². The van der Waals surface area contributed by atoms with Gasteiger partial charge in [-0.15, -0.1) is 0 Å². The molecule has 0 unspecified atom stereocenters. The van der Waals surface area contributed by atoms with Gasteiger partial charge in [0.15, 0.2) is 0 Å². The maximum Gasteiger partial charge on any atom is 0.330 e. The quantitative estimate of drug-likeness (QED) is 0.258. The number of hydrogen-bond donors (Lipinski definition) is 3. The van der Waals surface area contributed by atoms with Gasteiger partial charge >= 0.3 is 5.69 Å². The summed E-state index contributed by atoms with van der Waals surface area (Å²) in [5.74, 6) is 0.0327. The summed E-state index contributed by atoms with van der Waals surface area (Å²) in [6.45, 7) is 5.14. The van der Waals surface area contributed by atoms with Crippen LogP contribution in [0.25, 0.3) is 22.4 Å². The van der Waals surface area contributed by atoms with Crippen LogP contribution in [0.4, 0.5) is 5.69 Å². The van der Waals surface area contributed by atoms with Crippen LogP contribution in [0.15, 0.2) is 58.3 Å². The maximum atomic E-state index is 13.2. The predicted octanol–water partition coefficient (Wildman–Crippen LogP) is 3.37. The molecule has 0 radical (unpaired) electrons. The van der Waals surface area contributed by atoms with Crippen molar-refractivity contribution in [3.63, 3.8) is 0 Å². The van der Waals surface area contributed by atoms with Gasteiger partial charge in [-0.25, -0.2) is 9.78 Å². The molecule has 1 aliphatic heterocycles. The average molecular weight is 673 g/mol. The first-order chi connectivity index (χ1) is 23.0. The first-order valence-corrected chi connectivity index (χ1v) is 16.0. The third kappa shape index (κ3) is 6.14. The summed E-state index contributed by atoms with van der Waals surface area (Å²) in [6.07, 6.45) is 2.05.